The van der Waals surface area contributed by atoms with E-state index < -0.39 is 0 Å². The molecular formula is C14H21ClN2O. The van der Waals surface area contributed by atoms with Gasteiger partial charge in [0.2, 0.25) is 0 Å². The molecule has 0 bridgehead atoms. The summed E-state index contributed by atoms with van der Waals surface area (Å²) >= 11 is 6.29. The number of aliphatic hydroxyl groups excluding tert-OH is 1. The molecule has 3 nitrogen and oxygen atoms in total. The van der Waals surface area contributed by atoms with Crippen LogP contribution in [-0.4, -0.2) is 43.2 Å². The smallest absolute Gasteiger partial charge is 0.0682 e. The fourth-order valence-corrected chi connectivity index (χ4v) is 2.92. The van der Waals surface area contributed by atoms with Gasteiger partial charge in [0.25, 0.3) is 0 Å². The maximum atomic E-state index is 9.10. The van der Waals surface area contributed by atoms with Crippen molar-refractivity contribution < 1.29 is 5.11 Å². The molecule has 1 aliphatic rings. The minimum Gasteiger partial charge on any atom is -0.392 e. The van der Waals surface area contributed by atoms with Gasteiger partial charge in [-0.2, -0.15) is 0 Å². The molecule has 1 aliphatic heterocycles. The summed E-state index contributed by atoms with van der Waals surface area (Å²) in [6.45, 7) is 2.30. The van der Waals surface area contributed by atoms with Gasteiger partial charge in [0.1, 0.15) is 0 Å². The molecule has 1 heterocycles. The van der Waals surface area contributed by atoms with E-state index in [0.717, 1.165) is 22.8 Å². The number of likely N-dealkylation sites (tertiary alicyclic amines) is 1. The molecule has 1 aromatic rings. The second-order valence-corrected chi connectivity index (χ2v) is 5.52. The molecule has 1 unspecified atom stereocenters. The van der Waals surface area contributed by atoms with Gasteiger partial charge in [-0.15, -0.1) is 0 Å². The molecule has 1 saturated heterocycles. The van der Waals surface area contributed by atoms with E-state index in [1.54, 1.807) is 0 Å². The molecule has 1 atom stereocenters. The monoisotopic (exact) mass is 268 g/mol. The van der Waals surface area contributed by atoms with Gasteiger partial charge in [0.05, 0.1) is 17.3 Å². The van der Waals surface area contributed by atoms with Crippen LogP contribution in [0.2, 0.25) is 5.02 Å². The van der Waals surface area contributed by atoms with Crippen LogP contribution in [0.5, 0.6) is 0 Å². The molecule has 0 aromatic heterocycles. The van der Waals surface area contributed by atoms with Gasteiger partial charge in [-0.05, 0) is 44.1 Å². The summed E-state index contributed by atoms with van der Waals surface area (Å²) < 4.78 is 0. The highest BCUT2D eigenvalue weighted by molar-refractivity contribution is 6.33. The molecule has 4 heteroatoms. The highest BCUT2D eigenvalue weighted by atomic mass is 35.5. The number of rotatable bonds is 3. The van der Waals surface area contributed by atoms with E-state index in [1.165, 1.54) is 19.4 Å². The topological polar surface area (TPSA) is 26.7 Å². The number of hydrogen-bond acceptors (Lipinski definition) is 3. The van der Waals surface area contributed by atoms with Crippen LogP contribution >= 0.6 is 11.6 Å². The van der Waals surface area contributed by atoms with Crippen molar-refractivity contribution in [1.29, 1.82) is 0 Å². The van der Waals surface area contributed by atoms with E-state index in [9.17, 15) is 0 Å². The molecule has 0 aliphatic carbocycles. The Bertz CT molecular complexity index is 411. The minimum atomic E-state index is 0.0376. The van der Waals surface area contributed by atoms with E-state index in [0.29, 0.717) is 6.04 Å². The first-order valence-electron chi connectivity index (χ1n) is 6.42. The fourth-order valence-electron chi connectivity index (χ4n) is 2.59. The lowest BCUT2D eigenvalue weighted by Gasteiger charge is -2.37. The lowest BCUT2D eigenvalue weighted by molar-refractivity contribution is 0.248. The van der Waals surface area contributed by atoms with Crippen molar-refractivity contribution in [3.8, 4) is 0 Å². The summed E-state index contributed by atoms with van der Waals surface area (Å²) in [4.78, 5) is 4.62. The zero-order valence-electron chi connectivity index (χ0n) is 11.1. The van der Waals surface area contributed by atoms with E-state index in [1.807, 2.05) is 18.2 Å². The molecule has 0 amide bonds. The lowest BCUT2D eigenvalue weighted by Crippen LogP contribution is -2.45. The first kappa shape index (κ1) is 13.7. The zero-order valence-corrected chi connectivity index (χ0v) is 11.8. The summed E-state index contributed by atoms with van der Waals surface area (Å²) in [6, 6.07) is 6.30. The number of hydrogen-bond donors (Lipinski definition) is 1. The van der Waals surface area contributed by atoms with Crippen molar-refractivity contribution in [3.05, 3.63) is 28.8 Å². The van der Waals surface area contributed by atoms with Crippen LogP contribution in [0, 0.1) is 0 Å². The van der Waals surface area contributed by atoms with E-state index in [2.05, 4.69) is 23.9 Å². The standard InChI is InChI=1S/C14H21ClN2O/c1-16-7-3-4-12(9-16)17(2)14-6-5-11(10-18)8-13(14)15/h5-6,8,12,18H,3-4,7,9-10H2,1-2H3. The average molecular weight is 269 g/mol. The quantitative estimate of drug-likeness (QED) is 0.912. The molecule has 18 heavy (non-hydrogen) atoms. The van der Waals surface area contributed by atoms with Crippen LogP contribution < -0.4 is 4.90 Å². The van der Waals surface area contributed by atoms with Crippen LogP contribution in [0.3, 0.4) is 0 Å². The first-order chi connectivity index (χ1) is 8.61. The normalized spacial score (nSPS) is 21.0. The van der Waals surface area contributed by atoms with Crippen LogP contribution in [-0.2, 0) is 6.61 Å². The Labute approximate surface area is 114 Å². The highest BCUT2D eigenvalue weighted by Gasteiger charge is 2.22. The van der Waals surface area contributed by atoms with Gasteiger partial charge in [-0.3, -0.25) is 0 Å². The van der Waals surface area contributed by atoms with Crippen molar-refractivity contribution in [3.63, 3.8) is 0 Å². The zero-order chi connectivity index (χ0) is 13.1. The lowest BCUT2D eigenvalue weighted by atomic mass is 10.0. The second-order valence-electron chi connectivity index (χ2n) is 5.11. The SMILES string of the molecule is CN1CCCC(N(C)c2ccc(CO)cc2Cl)C1. The molecule has 2 rings (SSSR count). The maximum absolute atomic E-state index is 9.10. The first-order valence-corrected chi connectivity index (χ1v) is 6.80. The van der Waals surface area contributed by atoms with Crippen LogP contribution in [0.15, 0.2) is 18.2 Å². The Morgan fingerprint density at radius 1 is 1.50 bits per heavy atom. The van der Waals surface area contributed by atoms with E-state index in [-0.39, 0.29) is 6.61 Å². The van der Waals surface area contributed by atoms with Gasteiger partial charge < -0.3 is 14.9 Å². The van der Waals surface area contributed by atoms with Crippen molar-refractivity contribution in [1.82, 2.24) is 4.90 Å². The molecule has 1 fully saturated rings. The van der Waals surface area contributed by atoms with Crippen molar-refractivity contribution in [2.75, 3.05) is 32.1 Å². The molecule has 0 saturated carbocycles. The molecular weight excluding hydrogens is 248 g/mol. The molecule has 100 valence electrons. The van der Waals surface area contributed by atoms with E-state index >= 15 is 0 Å². The third kappa shape index (κ3) is 2.97. The van der Waals surface area contributed by atoms with Gasteiger partial charge in [0.15, 0.2) is 0 Å². The molecule has 0 radical (unpaired) electrons. The maximum Gasteiger partial charge on any atom is 0.0682 e. The van der Waals surface area contributed by atoms with Crippen LogP contribution in [0.4, 0.5) is 5.69 Å². The number of likely N-dealkylation sites (N-methyl/N-ethyl adjacent to an activating group) is 2. The van der Waals surface area contributed by atoms with Crippen LogP contribution in [0.25, 0.3) is 0 Å². The predicted octanol–water partition coefficient (Wildman–Crippen LogP) is 2.36. The minimum absolute atomic E-state index is 0.0376. The third-order valence-corrected chi connectivity index (χ3v) is 4.02. The summed E-state index contributed by atoms with van der Waals surface area (Å²) in [7, 11) is 4.26. The van der Waals surface area contributed by atoms with E-state index in [4.69, 9.17) is 16.7 Å². The second kappa shape index (κ2) is 5.91. The Hall–Kier alpha value is -0.770. The molecule has 1 N–H and O–H groups in total. The number of nitrogens with zero attached hydrogens (tertiary/aromatic N) is 2. The summed E-state index contributed by atoms with van der Waals surface area (Å²) in [5.74, 6) is 0. The number of aliphatic hydroxyl groups is 1. The summed E-state index contributed by atoms with van der Waals surface area (Å²) in [5.41, 5.74) is 1.91. The van der Waals surface area contributed by atoms with Crippen molar-refractivity contribution >= 4 is 17.3 Å². The summed E-state index contributed by atoms with van der Waals surface area (Å²) in [5, 5.41) is 9.82. The molecule has 1 aromatic carbocycles. The number of anilines is 1. The number of benzene rings is 1. The third-order valence-electron chi connectivity index (χ3n) is 3.72. The Balaban J connectivity index is 2.15. The largest absolute Gasteiger partial charge is 0.392 e. The fraction of sp³-hybridized carbons (Fsp3) is 0.571. The average Bonchev–Trinajstić information content (AvgIpc) is 2.37. The Morgan fingerprint density at radius 3 is 2.89 bits per heavy atom. The Morgan fingerprint density at radius 2 is 2.28 bits per heavy atom. The van der Waals surface area contributed by atoms with Gasteiger partial charge in [-0.25, -0.2) is 0 Å². The predicted molar refractivity (Wildman–Crippen MR) is 76.3 cm³/mol. The van der Waals surface area contributed by atoms with Crippen LogP contribution in [0.1, 0.15) is 18.4 Å². The Kier molecular flexibility index (Phi) is 4.49. The van der Waals surface area contributed by atoms with Crippen molar-refractivity contribution in [2.24, 2.45) is 0 Å². The van der Waals surface area contributed by atoms with Gasteiger partial charge in [-0.1, -0.05) is 17.7 Å². The number of piperidine rings is 1. The number of halogens is 1. The summed E-state index contributed by atoms with van der Waals surface area (Å²) in [6.07, 6.45) is 2.44. The molecule has 0 spiro atoms. The van der Waals surface area contributed by atoms with Gasteiger partial charge >= 0.3 is 0 Å². The van der Waals surface area contributed by atoms with Gasteiger partial charge in [0, 0.05) is 19.6 Å². The van der Waals surface area contributed by atoms with Crippen molar-refractivity contribution in [2.45, 2.75) is 25.5 Å². The highest BCUT2D eigenvalue weighted by Crippen LogP contribution is 2.29.